The second-order valence-corrected chi connectivity index (χ2v) is 6.69. The van der Waals surface area contributed by atoms with Crippen molar-refractivity contribution in [2.24, 2.45) is 5.92 Å². The molecule has 0 aromatic carbocycles. The molecule has 0 aromatic heterocycles. The number of carbonyl (C=O) groups is 2. The van der Waals surface area contributed by atoms with E-state index in [9.17, 15) is 9.59 Å². The number of hydrogen-bond acceptors (Lipinski definition) is 4. The first kappa shape index (κ1) is 14.8. The van der Waals surface area contributed by atoms with Crippen LogP contribution < -0.4 is 5.32 Å². The molecule has 0 aromatic rings. The highest BCUT2D eigenvalue weighted by atomic mass is 16.5. The average molecular weight is 296 g/mol. The van der Waals surface area contributed by atoms with Gasteiger partial charge in [-0.05, 0) is 25.7 Å². The molecule has 6 heteroatoms. The summed E-state index contributed by atoms with van der Waals surface area (Å²) < 4.78 is 11.1. The predicted molar refractivity (Wildman–Crippen MR) is 75.6 cm³/mol. The van der Waals surface area contributed by atoms with Crippen LogP contribution >= 0.6 is 0 Å². The minimum Gasteiger partial charge on any atom is -0.378 e. The fourth-order valence-corrected chi connectivity index (χ4v) is 3.45. The summed E-state index contributed by atoms with van der Waals surface area (Å²) in [7, 11) is 1.67. The molecule has 1 aliphatic carbocycles. The van der Waals surface area contributed by atoms with Gasteiger partial charge in [-0.25, -0.2) is 0 Å². The van der Waals surface area contributed by atoms with E-state index in [1.807, 2.05) is 6.92 Å². The van der Waals surface area contributed by atoms with Gasteiger partial charge < -0.3 is 19.7 Å². The van der Waals surface area contributed by atoms with Crippen LogP contribution in [0.5, 0.6) is 0 Å². The van der Waals surface area contributed by atoms with E-state index in [2.05, 4.69) is 5.32 Å². The number of ether oxygens (including phenoxy) is 2. The molecule has 2 heterocycles. The molecule has 118 valence electrons. The van der Waals surface area contributed by atoms with E-state index in [0.717, 1.165) is 19.3 Å². The van der Waals surface area contributed by atoms with Crippen molar-refractivity contribution in [3.05, 3.63) is 0 Å². The van der Waals surface area contributed by atoms with Crippen LogP contribution in [0.25, 0.3) is 0 Å². The van der Waals surface area contributed by atoms with Gasteiger partial charge >= 0.3 is 0 Å². The largest absolute Gasteiger partial charge is 0.378 e. The second kappa shape index (κ2) is 5.25. The zero-order chi connectivity index (χ0) is 15.1. The van der Waals surface area contributed by atoms with Gasteiger partial charge in [-0.15, -0.1) is 0 Å². The first-order valence-electron chi connectivity index (χ1n) is 7.72. The van der Waals surface area contributed by atoms with Gasteiger partial charge in [0.25, 0.3) is 0 Å². The van der Waals surface area contributed by atoms with E-state index >= 15 is 0 Å². The van der Waals surface area contributed by atoms with E-state index in [1.165, 1.54) is 0 Å². The lowest BCUT2D eigenvalue weighted by Gasteiger charge is -2.37. The number of rotatable bonds is 4. The number of methoxy groups -OCH3 is 1. The molecule has 2 saturated heterocycles. The van der Waals surface area contributed by atoms with E-state index in [1.54, 1.807) is 12.0 Å². The van der Waals surface area contributed by atoms with Gasteiger partial charge in [-0.2, -0.15) is 0 Å². The molecule has 2 unspecified atom stereocenters. The van der Waals surface area contributed by atoms with Crippen LogP contribution in [0.15, 0.2) is 0 Å². The van der Waals surface area contributed by atoms with Crippen LogP contribution in [-0.4, -0.2) is 61.3 Å². The molecule has 2 aliphatic heterocycles. The Hall–Kier alpha value is -1.14. The van der Waals surface area contributed by atoms with Gasteiger partial charge in [0.2, 0.25) is 11.8 Å². The van der Waals surface area contributed by atoms with Gasteiger partial charge in [0.1, 0.15) is 11.1 Å². The smallest absolute Gasteiger partial charge is 0.248 e. The van der Waals surface area contributed by atoms with Crippen LogP contribution in [-0.2, 0) is 19.1 Å². The number of hydrogen-bond donors (Lipinski definition) is 1. The summed E-state index contributed by atoms with van der Waals surface area (Å²) in [6.45, 7) is 3.99. The zero-order valence-corrected chi connectivity index (χ0v) is 12.8. The van der Waals surface area contributed by atoms with E-state index in [-0.39, 0.29) is 17.7 Å². The van der Waals surface area contributed by atoms with Crippen LogP contribution in [0.1, 0.15) is 32.6 Å². The summed E-state index contributed by atoms with van der Waals surface area (Å²) in [6, 6.07) is 0. The summed E-state index contributed by atoms with van der Waals surface area (Å²) in [6.07, 6.45) is 3.16. The maximum atomic E-state index is 13.0. The molecule has 0 spiro atoms. The van der Waals surface area contributed by atoms with Crippen molar-refractivity contribution < 1.29 is 19.1 Å². The van der Waals surface area contributed by atoms with Crippen molar-refractivity contribution in [1.82, 2.24) is 10.2 Å². The monoisotopic (exact) mass is 296 g/mol. The summed E-state index contributed by atoms with van der Waals surface area (Å²) in [4.78, 5) is 26.7. The third-order valence-corrected chi connectivity index (χ3v) is 5.11. The Morgan fingerprint density at radius 1 is 1.43 bits per heavy atom. The van der Waals surface area contributed by atoms with Crippen molar-refractivity contribution in [1.29, 1.82) is 0 Å². The quantitative estimate of drug-likeness (QED) is 0.811. The maximum Gasteiger partial charge on any atom is 0.248 e. The normalized spacial score (nSPS) is 37.5. The number of nitrogens with zero attached hydrogens (tertiary/aromatic N) is 1. The van der Waals surface area contributed by atoms with Crippen molar-refractivity contribution in [2.45, 2.75) is 43.7 Å². The Morgan fingerprint density at radius 3 is 2.76 bits per heavy atom. The van der Waals surface area contributed by atoms with E-state index in [0.29, 0.717) is 32.7 Å². The Morgan fingerprint density at radius 2 is 2.19 bits per heavy atom. The molecule has 2 amide bonds. The topological polar surface area (TPSA) is 67.9 Å². The van der Waals surface area contributed by atoms with Crippen molar-refractivity contribution in [3.8, 4) is 0 Å². The lowest BCUT2D eigenvalue weighted by Crippen LogP contribution is -2.59. The third kappa shape index (κ3) is 2.66. The maximum absolute atomic E-state index is 13.0. The lowest BCUT2D eigenvalue weighted by atomic mass is 9.93. The summed E-state index contributed by atoms with van der Waals surface area (Å²) in [5, 5.41) is 2.95. The van der Waals surface area contributed by atoms with Crippen LogP contribution in [0.2, 0.25) is 0 Å². The van der Waals surface area contributed by atoms with Crippen molar-refractivity contribution in [3.63, 3.8) is 0 Å². The second-order valence-electron chi connectivity index (χ2n) is 6.69. The highest BCUT2D eigenvalue weighted by Crippen LogP contribution is 2.41. The molecule has 0 radical (unpaired) electrons. The fraction of sp³-hybridized carbons (Fsp3) is 0.867. The molecule has 2 atom stereocenters. The van der Waals surface area contributed by atoms with Gasteiger partial charge in [-0.3, -0.25) is 9.59 Å². The summed E-state index contributed by atoms with van der Waals surface area (Å²) in [5.41, 5.74) is -1.17. The zero-order valence-electron chi connectivity index (χ0n) is 12.8. The fourth-order valence-electron chi connectivity index (χ4n) is 3.45. The SMILES string of the molecule is COC1(CN2CCC(=O)NC(C)(C3CC3)C2=O)CCOC1. The molecule has 1 saturated carbocycles. The first-order chi connectivity index (χ1) is 9.99. The Labute approximate surface area is 125 Å². The molecule has 6 nitrogen and oxygen atoms in total. The molecule has 3 aliphatic rings. The highest BCUT2D eigenvalue weighted by Gasteiger charge is 2.52. The van der Waals surface area contributed by atoms with Gasteiger partial charge in [0.15, 0.2) is 0 Å². The van der Waals surface area contributed by atoms with Crippen molar-refractivity contribution in [2.75, 3.05) is 33.4 Å². The Balaban J connectivity index is 1.80. The molecular weight excluding hydrogens is 272 g/mol. The third-order valence-electron chi connectivity index (χ3n) is 5.11. The van der Waals surface area contributed by atoms with Crippen LogP contribution in [0.3, 0.4) is 0 Å². The van der Waals surface area contributed by atoms with E-state index in [4.69, 9.17) is 9.47 Å². The molecular formula is C15H24N2O4. The molecule has 1 N–H and O–H groups in total. The van der Waals surface area contributed by atoms with Gasteiger partial charge in [-0.1, -0.05) is 0 Å². The van der Waals surface area contributed by atoms with E-state index < -0.39 is 11.1 Å². The Bertz CT molecular complexity index is 443. The van der Waals surface area contributed by atoms with Crippen molar-refractivity contribution >= 4 is 11.8 Å². The molecule has 3 fully saturated rings. The number of carbonyl (C=O) groups excluding carboxylic acids is 2. The number of nitrogens with one attached hydrogen (secondary N) is 1. The summed E-state index contributed by atoms with van der Waals surface area (Å²) >= 11 is 0. The summed E-state index contributed by atoms with van der Waals surface area (Å²) in [5.74, 6) is 0.265. The van der Waals surface area contributed by atoms with Crippen LogP contribution in [0, 0.1) is 5.92 Å². The minimum atomic E-state index is -0.748. The van der Waals surface area contributed by atoms with Gasteiger partial charge in [0, 0.05) is 33.1 Å². The first-order valence-corrected chi connectivity index (χ1v) is 7.72. The standard InChI is InChI=1S/C15H24N2O4/c1-14(11-3-4-11)13(19)17(7-5-12(18)16-14)9-15(20-2)6-8-21-10-15/h11H,3-10H2,1-2H3,(H,16,18). The highest BCUT2D eigenvalue weighted by molar-refractivity contribution is 5.93. The molecule has 0 bridgehead atoms. The average Bonchev–Trinajstić information content (AvgIpc) is 3.24. The molecule has 3 rings (SSSR count). The number of amides is 2. The molecule has 21 heavy (non-hydrogen) atoms. The Kier molecular flexibility index (Phi) is 3.69. The minimum absolute atomic E-state index is 0.0270. The van der Waals surface area contributed by atoms with Crippen LogP contribution in [0.4, 0.5) is 0 Å². The predicted octanol–water partition coefficient (Wildman–Crippen LogP) is 0.309. The lowest BCUT2D eigenvalue weighted by molar-refractivity contribution is -0.143. The van der Waals surface area contributed by atoms with Gasteiger partial charge in [0.05, 0.1) is 13.2 Å².